The van der Waals surface area contributed by atoms with Gasteiger partial charge in [0.1, 0.15) is 0 Å². The van der Waals surface area contributed by atoms with Crippen LogP contribution in [0.4, 0.5) is 0 Å². The maximum Gasteiger partial charge on any atom is 0.0987 e. The fourth-order valence-corrected chi connectivity index (χ4v) is 3.27. The Morgan fingerprint density at radius 2 is 1.94 bits per heavy atom. The monoisotopic (exact) mass is 255 g/mol. The third-order valence-electron chi connectivity index (χ3n) is 4.56. The fourth-order valence-electron chi connectivity index (χ4n) is 3.27. The van der Waals surface area contributed by atoms with Crippen LogP contribution in [0.3, 0.4) is 0 Å². The van der Waals surface area contributed by atoms with Crippen LogP contribution < -0.4 is 5.32 Å². The first-order chi connectivity index (χ1) is 8.76. The number of methoxy groups -OCH3 is 1. The minimum absolute atomic E-state index is 0.255. The molecule has 0 aliphatic heterocycles. The van der Waals surface area contributed by atoms with Gasteiger partial charge in [-0.15, -0.1) is 0 Å². The van der Waals surface area contributed by atoms with Crippen LogP contribution in [0.2, 0.25) is 0 Å². The molecule has 2 rings (SSSR count). The summed E-state index contributed by atoms with van der Waals surface area (Å²) in [5, 5.41) is 3.54. The normalized spacial score (nSPS) is 40.5. The largest absolute Gasteiger partial charge is 0.377 e. The van der Waals surface area contributed by atoms with Crippen molar-refractivity contribution in [2.45, 2.75) is 76.7 Å². The molecule has 18 heavy (non-hydrogen) atoms. The summed E-state index contributed by atoms with van der Waals surface area (Å²) in [6.07, 6.45) is 8.60. The summed E-state index contributed by atoms with van der Waals surface area (Å²) in [6.45, 7) is 5.61. The summed E-state index contributed by atoms with van der Waals surface area (Å²) in [6, 6.07) is 0.499. The Morgan fingerprint density at radius 1 is 1.17 bits per heavy atom. The predicted molar refractivity (Wildman–Crippen MR) is 73.8 cm³/mol. The number of nitrogens with one attached hydrogen (secondary N) is 1. The number of hydrogen-bond donors (Lipinski definition) is 1. The summed E-state index contributed by atoms with van der Waals surface area (Å²) in [4.78, 5) is 0. The molecule has 2 aliphatic rings. The molecule has 1 N–H and O–H groups in total. The molecule has 0 bridgehead atoms. The van der Waals surface area contributed by atoms with Crippen molar-refractivity contribution in [1.29, 1.82) is 0 Å². The van der Waals surface area contributed by atoms with Crippen molar-refractivity contribution in [3.8, 4) is 0 Å². The zero-order valence-electron chi connectivity index (χ0n) is 12.2. The van der Waals surface area contributed by atoms with Crippen LogP contribution in [0.25, 0.3) is 0 Å². The topological polar surface area (TPSA) is 30.5 Å². The Morgan fingerprint density at radius 3 is 2.61 bits per heavy atom. The van der Waals surface area contributed by atoms with Gasteiger partial charge in [0.05, 0.1) is 18.3 Å². The van der Waals surface area contributed by atoms with Crippen LogP contribution in [-0.2, 0) is 9.47 Å². The average Bonchev–Trinajstić information content (AvgIpc) is 2.35. The molecule has 2 aliphatic carbocycles. The van der Waals surface area contributed by atoms with Gasteiger partial charge in [-0.05, 0) is 38.1 Å². The SMILES string of the molecule is CCCNC1CC(OC2CCCCC2C)C1OC. The van der Waals surface area contributed by atoms with Crippen LogP contribution in [0.1, 0.15) is 52.4 Å². The Bertz CT molecular complexity index is 247. The first-order valence-electron chi connectivity index (χ1n) is 7.68. The second-order valence-corrected chi connectivity index (χ2v) is 5.97. The van der Waals surface area contributed by atoms with Crippen molar-refractivity contribution in [3.05, 3.63) is 0 Å². The lowest BCUT2D eigenvalue weighted by atomic mass is 9.83. The summed E-state index contributed by atoms with van der Waals surface area (Å²) < 4.78 is 11.9. The van der Waals surface area contributed by atoms with Gasteiger partial charge in [0.15, 0.2) is 0 Å². The van der Waals surface area contributed by atoms with E-state index in [1.807, 2.05) is 7.11 Å². The van der Waals surface area contributed by atoms with Gasteiger partial charge < -0.3 is 14.8 Å². The molecule has 3 heteroatoms. The maximum atomic E-state index is 6.29. The van der Waals surface area contributed by atoms with Crippen LogP contribution in [0, 0.1) is 5.92 Å². The van der Waals surface area contributed by atoms with E-state index in [4.69, 9.17) is 9.47 Å². The van der Waals surface area contributed by atoms with E-state index in [1.165, 1.54) is 32.1 Å². The van der Waals surface area contributed by atoms with E-state index >= 15 is 0 Å². The van der Waals surface area contributed by atoms with Gasteiger partial charge in [-0.1, -0.05) is 26.7 Å². The third kappa shape index (κ3) is 3.25. The first-order valence-corrected chi connectivity index (χ1v) is 7.68. The summed E-state index contributed by atoms with van der Waals surface area (Å²) >= 11 is 0. The third-order valence-corrected chi connectivity index (χ3v) is 4.56. The fraction of sp³-hybridized carbons (Fsp3) is 1.00. The zero-order chi connectivity index (χ0) is 13.0. The van der Waals surface area contributed by atoms with E-state index in [2.05, 4.69) is 19.2 Å². The number of rotatable bonds is 6. The van der Waals surface area contributed by atoms with Crippen molar-refractivity contribution in [2.24, 2.45) is 5.92 Å². The lowest BCUT2D eigenvalue weighted by Crippen LogP contribution is -2.61. The van der Waals surface area contributed by atoms with Crippen LogP contribution >= 0.6 is 0 Å². The molecule has 5 unspecified atom stereocenters. The van der Waals surface area contributed by atoms with Crippen LogP contribution in [0.15, 0.2) is 0 Å². The molecule has 0 aromatic carbocycles. The number of ether oxygens (including phenoxy) is 2. The Kier molecular flexibility index (Phi) is 5.46. The van der Waals surface area contributed by atoms with Gasteiger partial charge >= 0.3 is 0 Å². The van der Waals surface area contributed by atoms with Crippen molar-refractivity contribution >= 4 is 0 Å². The molecule has 2 fully saturated rings. The summed E-state index contributed by atoms with van der Waals surface area (Å²) in [5.41, 5.74) is 0. The van der Waals surface area contributed by atoms with E-state index in [9.17, 15) is 0 Å². The molecule has 0 aromatic rings. The molecule has 0 aromatic heterocycles. The maximum absolute atomic E-state index is 6.29. The van der Waals surface area contributed by atoms with Crippen molar-refractivity contribution < 1.29 is 9.47 Å². The van der Waals surface area contributed by atoms with Gasteiger partial charge in [-0.2, -0.15) is 0 Å². The lowest BCUT2D eigenvalue weighted by molar-refractivity contribution is -0.171. The zero-order valence-corrected chi connectivity index (χ0v) is 12.2. The van der Waals surface area contributed by atoms with Crippen LogP contribution in [0.5, 0.6) is 0 Å². The van der Waals surface area contributed by atoms with Gasteiger partial charge in [0, 0.05) is 13.2 Å². The highest BCUT2D eigenvalue weighted by atomic mass is 16.5. The molecule has 2 saturated carbocycles. The molecule has 5 atom stereocenters. The van der Waals surface area contributed by atoms with Gasteiger partial charge in [-0.25, -0.2) is 0 Å². The average molecular weight is 255 g/mol. The predicted octanol–water partition coefficient (Wildman–Crippen LogP) is 2.74. The quantitative estimate of drug-likeness (QED) is 0.791. The second kappa shape index (κ2) is 6.88. The molecule has 0 amide bonds. The Hall–Kier alpha value is -0.120. The first kappa shape index (κ1) is 14.3. The van der Waals surface area contributed by atoms with Crippen molar-refractivity contribution in [2.75, 3.05) is 13.7 Å². The Labute approximate surface area is 112 Å². The van der Waals surface area contributed by atoms with Crippen molar-refractivity contribution in [1.82, 2.24) is 5.32 Å². The summed E-state index contributed by atoms with van der Waals surface area (Å²) in [5.74, 6) is 0.721. The van der Waals surface area contributed by atoms with E-state index in [1.54, 1.807) is 0 Å². The molecule has 3 nitrogen and oxygen atoms in total. The summed E-state index contributed by atoms with van der Waals surface area (Å²) in [7, 11) is 1.81. The van der Waals surface area contributed by atoms with Crippen molar-refractivity contribution in [3.63, 3.8) is 0 Å². The minimum atomic E-state index is 0.255. The van der Waals surface area contributed by atoms with Gasteiger partial charge in [-0.3, -0.25) is 0 Å². The highest BCUT2D eigenvalue weighted by Gasteiger charge is 2.43. The molecule has 0 spiro atoms. The van der Waals surface area contributed by atoms with E-state index < -0.39 is 0 Å². The van der Waals surface area contributed by atoms with E-state index in [-0.39, 0.29) is 6.10 Å². The van der Waals surface area contributed by atoms with Gasteiger partial charge in [0.2, 0.25) is 0 Å². The molecular formula is C15H29NO2. The minimum Gasteiger partial charge on any atom is -0.377 e. The van der Waals surface area contributed by atoms with Crippen LogP contribution in [-0.4, -0.2) is 38.0 Å². The highest BCUT2D eigenvalue weighted by Crippen LogP contribution is 2.33. The van der Waals surface area contributed by atoms with Gasteiger partial charge in [0.25, 0.3) is 0 Å². The molecule has 0 heterocycles. The van der Waals surface area contributed by atoms with E-state index in [0.717, 1.165) is 18.9 Å². The lowest BCUT2D eigenvalue weighted by Gasteiger charge is -2.46. The highest BCUT2D eigenvalue weighted by molar-refractivity contribution is 4.97. The molecule has 106 valence electrons. The molecule has 0 saturated heterocycles. The van der Waals surface area contributed by atoms with E-state index in [0.29, 0.717) is 18.2 Å². The molecule has 0 radical (unpaired) electrons. The Balaban J connectivity index is 1.76. The standard InChI is InChI=1S/C15H29NO2/c1-4-9-16-12-10-14(15(12)17-3)18-13-8-6-5-7-11(13)2/h11-16H,4-10H2,1-3H3. The smallest absolute Gasteiger partial charge is 0.0987 e. The molecular weight excluding hydrogens is 226 g/mol. The second-order valence-electron chi connectivity index (χ2n) is 5.97. The number of hydrogen-bond acceptors (Lipinski definition) is 3.